The first-order chi connectivity index (χ1) is 11.4. The van der Waals surface area contributed by atoms with Gasteiger partial charge in [-0.05, 0) is 19.9 Å². The number of benzene rings is 1. The van der Waals surface area contributed by atoms with Crippen molar-refractivity contribution in [2.24, 2.45) is 0 Å². The zero-order valence-electron chi connectivity index (χ0n) is 12.8. The molecule has 3 rings (SSSR count). The summed E-state index contributed by atoms with van der Waals surface area (Å²) in [6.45, 7) is 3.65. The number of hydrogen-bond donors (Lipinski definition) is 1. The number of carbonyl (C=O) groups excluding carboxylic acids is 1. The SMILES string of the molecule is Cc1sc2ncc(C(=O)Nc3cccc([N+](=O)[O-])c3)c(=O)n2c1C. The molecule has 0 aliphatic rings. The van der Waals surface area contributed by atoms with Crippen LogP contribution in [0.1, 0.15) is 20.9 Å². The summed E-state index contributed by atoms with van der Waals surface area (Å²) in [6.07, 6.45) is 1.22. The van der Waals surface area contributed by atoms with Gasteiger partial charge in [0.15, 0.2) is 4.96 Å². The van der Waals surface area contributed by atoms with Crippen LogP contribution in [-0.2, 0) is 0 Å². The number of non-ortho nitro benzene ring substituents is 1. The Morgan fingerprint density at radius 1 is 1.38 bits per heavy atom. The van der Waals surface area contributed by atoms with Crippen molar-refractivity contribution in [2.75, 3.05) is 5.32 Å². The summed E-state index contributed by atoms with van der Waals surface area (Å²) >= 11 is 1.37. The van der Waals surface area contributed by atoms with E-state index in [4.69, 9.17) is 0 Å². The Hall–Kier alpha value is -3.07. The average molecular weight is 344 g/mol. The van der Waals surface area contributed by atoms with Crippen LogP contribution < -0.4 is 10.9 Å². The van der Waals surface area contributed by atoms with Gasteiger partial charge in [0, 0.05) is 34.6 Å². The zero-order valence-corrected chi connectivity index (χ0v) is 13.6. The van der Waals surface area contributed by atoms with E-state index in [0.29, 0.717) is 4.96 Å². The smallest absolute Gasteiger partial charge is 0.271 e. The predicted molar refractivity (Wildman–Crippen MR) is 89.9 cm³/mol. The normalized spacial score (nSPS) is 10.8. The van der Waals surface area contributed by atoms with Crippen LogP contribution in [0, 0.1) is 24.0 Å². The first-order valence-electron chi connectivity index (χ1n) is 6.92. The molecule has 1 aromatic carbocycles. The summed E-state index contributed by atoms with van der Waals surface area (Å²) in [7, 11) is 0. The van der Waals surface area contributed by atoms with E-state index < -0.39 is 16.4 Å². The maximum atomic E-state index is 12.5. The highest BCUT2D eigenvalue weighted by Gasteiger charge is 2.17. The average Bonchev–Trinajstić information content (AvgIpc) is 2.83. The second-order valence-electron chi connectivity index (χ2n) is 5.10. The van der Waals surface area contributed by atoms with Gasteiger partial charge in [0.25, 0.3) is 17.2 Å². The summed E-state index contributed by atoms with van der Waals surface area (Å²) in [5.74, 6) is -0.661. The van der Waals surface area contributed by atoms with Crippen LogP contribution in [0.25, 0.3) is 4.96 Å². The Kier molecular flexibility index (Phi) is 3.86. The molecule has 1 amide bonds. The number of rotatable bonds is 3. The van der Waals surface area contributed by atoms with Crippen molar-refractivity contribution >= 4 is 33.6 Å². The molecule has 0 unspecified atom stereocenters. The number of thiazole rings is 1. The monoisotopic (exact) mass is 344 g/mol. The fourth-order valence-electron chi connectivity index (χ4n) is 2.23. The molecule has 9 heteroatoms. The highest BCUT2D eigenvalue weighted by Crippen LogP contribution is 2.19. The van der Waals surface area contributed by atoms with Crippen molar-refractivity contribution in [3.05, 3.63) is 67.1 Å². The van der Waals surface area contributed by atoms with Gasteiger partial charge < -0.3 is 5.32 Å². The van der Waals surface area contributed by atoms with E-state index in [-0.39, 0.29) is 16.9 Å². The quantitative estimate of drug-likeness (QED) is 0.580. The number of nitrogens with zero attached hydrogens (tertiary/aromatic N) is 3. The molecule has 24 heavy (non-hydrogen) atoms. The van der Waals surface area contributed by atoms with E-state index in [0.717, 1.165) is 10.6 Å². The molecule has 2 heterocycles. The third-order valence-corrected chi connectivity index (χ3v) is 4.65. The fourth-order valence-corrected chi connectivity index (χ4v) is 3.16. The van der Waals surface area contributed by atoms with Crippen LogP contribution in [0.4, 0.5) is 11.4 Å². The van der Waals surface area contributed by atoms with Gasteiger partial charge in [0.1, 0.15) is 5.56 Å². The van der Waals surface area contributed by atoms with Gasteiger partial charge in [-0.1, -0.05) is 6.07 Å². The van der Waals surface area contributed by atoms with Crippen LogP contribution in [0.5, 0.6) is 0 Å². The highest BCUT2D eigenvalue weighted by atomic mass is 32.1. The van der Waals surface area contributed by atoms with E-state index in [1.54, 1.807) is 6.92 Å². The number of nitrogens with one attached hydrogen (secondary N) is 1. The minimum atomic E-state index is -0.661. The Balaban J connectivity index is 1.99. The van der Waals surface area contributed by atoms with Gasteiger partial charge >= 0.3 is 0 Å². The van der Waals surface area contributed by atoms with E-state index in [2.05, 4.69) is 10.3 Å². The molecule has 1 N–H and O–H groups in total. The number of amides is 1. The highest BCUT2D eigenvalue weighted by molar-refractivity contribution is 7.17. The van der Waals surface area contributed by atoms with Crippen LogP contribution in [0.2, 0.25) is 0 Å². The third-order valence-electron chi connectivity index (χ3n) is 3.58. The summed E-state index contributed by atoms with van der Waals surface area (Å²) in [6, 6.07) is 5.50. The van der Waals surface area contributed by atoms with E-state index in [9.17, 15) is 19.7 Å². The molecule has 0 atom stereocenters. The fraction of sp³-hybridized carbons (Fsp3) is 0.133. The minimum Gasteiger partial charge on any atom is -0.322 e. The van der Waals surface area contributed by atoms with E-state index in [1.807, 2.05) is 6.92 Å². The number of hydrogen-bond acceptors (Lipinski definition) is 6. The number of nitro benzene ring substituents is 1. The van der Waals surface area contributed by atoms with Crippen molar-refractivity contribution in [3.8, 4) is 0 Å². The second-order valence-corrected chi connectivity index (χ2v) is 6.28. The van der Waals surface area contributed by atoms with Crippen molar-refractivity contribution in [1.82, 2.24) is 9.38 Å². The van der Waals surface area contributed by atoms with E-state index >= 15 is 0 Å². The summed E-state index contributed by atoms with van der Waals surface area (Å²) in [5.41, 5.74) is 0.224. The van der Waals surface area contributed by atoms with Gasteiger partial charge in [0.2, 0.25) is 0 Å². The lowest BCUT2D eigenvalue weighted by Gasteiger charge is -2.05. The molecular weight excluding hydrogens is 332 g/mol. The lowest BCUT2D eigenvalue weighted by atomic mass is 10.2. The standard InChI is InChI=1S/C15H12N4O4S/c1-8-9(2)24-15-16-7-12(14(21)18(8)15)13(20)17-10-4-3-5-11(6-10)19(22)23/h3-7H,1-2H3,(H,17,20). The van der Waals surface area contributed by atoms with Gasteiger partial charge in [-0.2, -0.15) is 0 Å². The number of carbonyl (C=O) groups is 1. The number of aromatic nitrogens is 2. The Labute approximate surface area is 139 Å². The van der Waals surface area contributed by atoms with Crippen LogP contribution in [0.3, 0.4) is 0 Å². The molecule has 122 valence electrons. The minimum absolute atomic E-state index is 0.125. The second kappa shape index (κ2) is 5.85. The Morgan fingerprint density at radius 3 is 2.83 bits per heavy atom. The number of anilines is 1. The van der Waals surface area contributed by atoms with Crippen LogP contribution >= 0.6 is 11.3 Å². The number of nitro groups is 1. The van der Waals surface area contributed by atoms with Gasteiger partial charge in [-0.3, -0.25) is 24.1 Å². The lowest BCUT2D eigenvalue weighted by molar-refractivity contribution is -0.384. The Bertz CT molecular complexity index is 1040. The molecule has 0 aliphatic heterocycles. The molecule has 0 saturated carbocycles. The van der Waals surface area contributed by atoms with Crippen molar-refractivity contribution in [2.45, 2.75) is 13.8 Å². The van der Waals surface area contributed by atoms with Crippen molar-refractivity contribution in [3.63, 3.8) is 0 Å². The summed E-state index contributed by atoms with van der Waals surface area (Å²) in [4.78, 5) is 40.7. The van der Waals surface area contributed by atoms with E-state index in [1.165, 1.54) is 46.2 Å². The van der Waals surface area contributed by atoms with Gasteiger partial charge in [0.05, 0.1) is 4.92 Å². The first-order valence-corrected chi connectivity index (χ1v) is 7.73. The maximum absolute atomic E-state index is 12.5. The molecule has 0 radical (unpaired) electrons. The first kappa shape index (κ1) is 15.8. The van der Waals surface area contributed by atoms with Crippen molar-refractivity contribution in [1.29, 1.82) is 0 Å². The maximum Gasteiger partial charge on any atom is 0.271 e. The van der Waals surface area contributed by atoms with Crippen LogP contribution in [0.15, 0.2) is 35.3 Å². The number of fused-ring (bicyclic) bond motifs is 1. The largest absolute Gasteiger partial charge is 0.322 e. The molecule has 0 fully saturated rings. The molecule has 3 aromatic rings. The molecule has 0 spiro atoms. The summed E-state index contributed by atoms with van der Waals surface area (Å²) in [5, 5.41) is 13.3. The number of aryl methyl sites for hydroxylation is 2. The molecule has 2 aromatic heterocycles. The van der Waals surface area contributed by atoms with Gasteiger partial charge in [-0.25, -0.2) is 4.98 Å². The molecule has 8 nitrogen and oxygen atoms in total. The molecule has 0 bridgehead atoms. The predicted octanol–water partition coefficient (Wildman–Crippen LogP) is 2.53. The zero-order chi connectivity index (χ0) is 17.4. The Morgan fingerprint density at radius 2 is 2.12 bits per heavy atom. The molecule has 0 aliphatic carbocycles. The molecule has 0 saturated heterocycles. The third kappa shape index (κ3) is 2.65. The van der Waals surface area contributed by atoms with Crippen LogP contribution in [-0.4, -0.2) is 20.2 Å². The summed E-state index contributed by atoms with van der Waals surface area (Å²) < 4.78 is 1.39. The van der Waals surface area contributed by atoms with Crippen molar-refractivity contribution < 1.29 is 9.72 Å². The topological polar surface area (TPSA) is 107 Å². The van der Waals surface area contributed by atoms with Gasteiger partial charge in [-0.15, -0.1) is 11.3 Å². The lowest BCUT2D eigenvalue weighted by Crippen LogP contribution is -2.26. The molecular formula is C15H12N4O4S.